The number of nitrogens with one attached hydrogen (secondary N) is 2. The maximum Gasteiger partial charge on any atom is 0.241 e. The molecule has 180 valence electrons. The maximum atomic E-state index is 13.7. The first-order valence-electron chi connectivity index (χ1n) is 12.0. The number of hydrogen-bond donors (Lipinski definition) is 2. The van der Waals surface area contributed by atoms with Crippen LogP contribution in [-0.4, -0.2) is 36.5 Å². The summed E-state index contributed by atoms with van der Waals surface area (Å²) in [6.07, 6.45) is 8.06. The van der Waals surface area contributed by atoms with Crippen LogP contribution in [0.4, 0.5) is 0 Å². The fourth-order valence-electron chi connectivity index (χ4n) is 5.47. The summed E-state index contributed by atoms with van der Waals surface area (Å²) < 4.78 is 35.6. The molecule has 5 rings (SSSR count). The Hall–Kier alpha value is -2.78. The van der Waals surface area contributed by atoms with Gasteiger partial charge >= 0.3 is 0 Å². The van der Waals surface area contributed by atoms with Gasteiger partial charge in [0.25, 0.3) is 0 Å². The van der Waals surface area contributed by atoms with Gasteiger partial charge in [-0.1, -0.05) is 24.4 Å². The standard InChI is InChI=1S/C25H30N4O4S/c1-15-24(16(2)33-28-15)17-13-22-19(10-6-12-26-22)23(14-17)34(31,32)29-21-11-5-9-20(21)25(30)27-18-7-3-4-8-18/h6,10,12-14,18,20-21,29H,3-5,7-9,11H2,1-2H3,(H,27,30)/t20-,21+/m0/s1. The normalized spacial score (nSPS) is 21.4. The molecule has 0 aliphatic heterocycles. The molecule has 0 radical (unpaired) electrons. The van der Waals surface area contributed by atoms with Gasteiger partial charge in [-0.15, -0.1) is 0 Å². The molecule has 0 unspecified atom stereocenters. The number of benzene rings is 1. The molecule has 8 nitrogen and oxygen atoms in total. The largest absolute Gasteiger partial charge is 0.361 e. The van der Waals surface area contributed by atoms with Crippen LogP contribution < -0.4 is 10.0 Å². The second kappa shape index (κ2) is 9.11. The monoisotopic (exact) mass is 482 g/mol. The van der Waals surface area contributed by atoms with Crippen LogP contribution in [0.5, 0.6) is 0 Å². The minimum atomic E-state index is -3.92. The Kier molecular flexibility index (Phi) is 6.16. The van der Waals surface area contributed by atoms with E-state index in [1.54, 1.807) is 31.3 Å². The molecule has 1 aromatic carbocycles. The summed E-state index contributed by atoms with van der Waals surface area (Å²) in [7, 11) is -3.92. The predicted octanol–water partition coefficient (Wildman–Crippen LogP) is 4.01. The Morgan fingerprint density at radius 2 is 1.88 bits per heavy atom. The molecule has 34 heavy (non-hydrogen) atoms. The highest BCUT2D eigenvalue weighted by Crippen LogP contribution is 2.34. The molecule has 0 bridgehead atoms. The van der Waals surface area contributed by atoms with Gasteiger partial charge in [0.15, 0.2) is 0 Å². The molecule has 2 N–H and O–H groups in total. The van der Waals surface area contributed by atoms with Crippen molar-refractivity contribution in [3.8, 4) is 11.1 Å². The number of hydrogen-bond acceptors (Lipinski definition) is 6. The van der Waals surface area contributed by atoms with Gasteiger partial charge in [-0.2, -0.15) is 0 Å². The van der Waals surface area contributed by atoms with Gasteiger partial charge in [0.2, 0.25) is 15.9 Å². The van der Waals surface area contributed by atoms with Crippen molar-refractivity contribution in [2.45, 2.75) is 75.8 Å². The number of aromatic nitrogens is 2. The molecule has 2 saturated carbocycles. The van der Waals surface area contributed by atoms with Gasteiger partial charge in [0.1, 0.15) is 5.76 Å². The van der Waals surface area contributed by atoms with Crippen LogP contribution in [-0.2, 0) is 14.8 Å². The van der Waals surface area contributed by atoms with E-state index in [2.05, 4.69) is 20.2 Å². The summed E-state index contributed by atoms with van der Waals surface area (Å²) in [5, 5.41) is 7.70. The molecule has 1 amide bonds. The van der Waals surface area contributed by atoms with Gasteiger partial charge in [-0.05, 0) is 69.4 Å². The number of aryl methyl sites for hydroxylation is 2. The minimum Gasteiger partial charge on any atom is -0.361 e. The number of fused-ring (bicyclic) bond motifs is 1. The Balaban J connectivity index is 1.48. The highest BCUT2D eigenvalue weighted by molar-refractivity contribution is 7.89. The molecule has 2 aliphatic carbocycles. The third-order valence-electron chi connectivity index (χ3n) is 7.16. The van der Waals surface area contributed by atoms with Gasteiger partial charge in [-0.3, -0.25) is 9.78 Å². The van der Waals surface area contributed by atoms with Crippen LogP contribution >= 0.6 is 0 Å². The van der Waals surface area contributed by atoms with Crippen molar-refractivity contribution in [2.24, 2.45) is 5.92 Å². The van der Waals surface area contributed by atoms with Gasteiger partial charge in [0, 0.05) is 29.2 Å². The second-order valence-corrected chi connectivity index (χ2v) is 11.2. The lowest BCUT2D eigenvalue weighted by atomic mass is 10.0. The van der Waals surface area contributed by atoms with E-state index in [0.29, 0.717) is 40.8 Å². The smallest absolute Gasteiger partial charge is 0.241 e. The van der Waals surface area contributed by atoms with Crippen LogP contribution in [0, 0.1) is 19.8 Å². The van der Waals surface area contributed by atoms with E-state index in [1.807, 2.05) is 13.0 Å². The lowest BCUT2D eigenvalue weighted by Gasteiger charge is -2.23. The van der Waals surface area contributed by atoms with E-state index in [9.17, 15) is 13.2 Å². The molecule has 9 heteroatoms. The number of carbonyl (C=O) groups excluding carboxylic acids is 1. The lowest BCUT2D eigenvalue weighted by molar-refractivity contribution is -0.125. The molecule has 2 atom stereocenters. The number of amides is 1. The fraction of sp³-hybridized carbons (Fsp3) is 0.480. The first-order valence-corrected chi connectivity index (χ1v) is 13.5. The number of rotatable bonds is 6. The molecular formula is C25H30N4O4S. The van der Waals surface area contributed by atoms with E-state index in [1.165, 1.54) is 0 Å². The summed E-state index contributed by atoms with van der Waals surface area (Å²) in [6.45, 7) is 3.63. The topological polar surface area (TPSA) is 114 Å². The molecule has 3 aromatic rings. The zero-order chi connectivity index (χ0) is 23.9. The Morgan fingerprint density at radius 3 is 2.62 bits per heavy atom. The lowest BCUT2D eigenvalue weighted by Crippen LogP contribution is -2.46. The van der Waals surface area contributed by atoms with E-state index in [-0.39, 0.29) is 22.8 Å². The van der Waals surface area contributed by atoms with Crippen molar-refractivity contribution >= 4 is 26.8 Å². The van der Waals surface area contributed by atoms with Gasteiger partial charge in [-0.25, -0.2) is 13.1 Å². The summed E-state index contributed by atoms with van der Waals surface area (Å²) in [5.41, 5.74) is 2.70. The first kappa shape index (κ1) is 23.0. The average molecular weight is 483 g/mol. The molecular weight excluding hydrogens is 452 g/mol. The molecule has 2 aromatic heterocycles. The van der Waals surface area contributed by atoms with Crippen LogP contribution in [0.15, 0.2) is 39.9 Å². The first-order chi connectivity index (χ1) is 16.3. The quantitative estimate of drug-likeness (QED) is 0.549. The second-order valence-electron chi connectivity index (χ2n) is 9.50. The third-order valence-corrected chi connectivity index (χ3v) is 8.69. The van der Waals surface area contributed by atoms with Crippen LogP contribution in [0.2, 0.25) is 0 Å². The summed E-state index contributed by atoms with van der Waals surface area (Å²) in [5.74, 6) is 0.224. The predicted molar refractivity (Wildman–Crippen MR) is 129 cm³/mol. The average Bonchev–Trinajstić information content (AvgIpc) is 3.55. The number of sulfonamides is 1. The van der Waals surface area contributed by atoms with Crippen molar-refractivity contribution in [2.75, 3.05) is 0 Å². The van der Waals surface area contributed by atoms with E-state index in [4.69, 9.17) is 4.52 Å². The summed E-state index contributed by atoms with van der Waals surface area (Å²) >= 11 is 0. The summed E-state index contributed by atoms with van der Waals surface area (Å²) in [6, 6.07) is 6.78. The van der Waals surface area contributed by atoms with Crippen molar-refractivity contribution in [1.82, 2.24) is 20.2 Å². The maximum absolute atomic E-state index is 13.7. The minimum absolute atomic E-state index is 0.0342. The van der Waals surface area contributed by atoms with Gasteiger partial charge in [0.05, 0.1) is 22.0 Å². The number of carbonyl (C=O) groups is 1. The van der Waals surface area contributed by atoms with Crippen molar-refractivity contribution in [1.29, 1.82) is 0 Å². The van der Waals surface area contributed by atoms with Crippen molar-refractivity contribution in [3.05, 3.63) is 41.9 Å². The third kappa shape index (κ3) is 4.34. The van der Waals surface area contributed by atoms with Gasteiger partial charge < -0.3 is 9.84 Å². The fourth-order valence-corrected chi connectivity index (χ4v) is 7.02. The summed E-state index contributed by atoms with van der Waals surface area (Å²) in [4.78, 5) is 17.5. The van der Waals surface area contributed by atoms with E-state index >= 15 is 0 Å². The molecule has 0 spiro atoms. The van der Waals surface area contributed by atoms with Crippen LogP contribution in [0.25, 0.3) is 22.0 Å². The Bertz CT molecular complexity index is 1310. The SMILES string of the molecule is Cc1noc(C)c1-c1cc(S(=O)(=O)N[C@@H]2CCC[C@@H]2C(=O)NC2CCCC2)c2cccnc2c1. The molecule has 2 fully saturated rings. The number of pyridine rings is 1. The van der Waals surface area contributed by atoms with E-state index < -0.39 is 16.1 Å². The van der Waals surface area contributed by atoms with E-state index in [0.717, 1.165) is 37.7 Å². The van der Waals surface area contributed by atoms with Crippen LogP contribution in [0.3, 0.4) is 0 Å². The number of nitrogens with zero attached hydrogens (tertiary/aromatic N) is 2. The molecule has 2 heterocycles. The zero-order valence-electron chi connectivity index (χ0n) is 19.5. The molecule has 0 saturated heterocycles. The Morgan fingerprint density at radius 1 is 1.09 bits per heavy atom. The zero-order valence-corrected chi connectivity index (χ0v) is 20.3. The Labute approximate surface area is 199 Å². The highest BCUT2D eigenvalue weighted by atomic mass is 32.2. The van der Waals surface area contributed by atoms with Crippen molar-refractivity contribution in [3.63, 3.8) is 0 Å². The molecule has 2 aliphatic rings. The highest BCUT2D eigenvalue weighted by Gasteiger charge is 2.37. The van der Waals surface area contributed by atoms with Crippen molar-refractivity contribution < 1.29 is 17.7 Å². The van der Waals surface area contributed by atoms with Crippen LogP contribution in [0.1, 0.15) is 56.4 Å².